The maximum atomic E-state index is 13.3. The van der Waals surface area contributed by atoms with E-state index in [1.54, 1.807) is 24.3 Å². The number of aryl methyl sites for hydroxylation is 1. The molecule has 2 unspecified atom stereocenters. The summed E-state index contributed by atoms with van der Waals surface area (Å²) in [4.78, 5) is 40.4. The first kappa shape index (κ1) is 22.7. The molecule has 0 spiro atoms. The fourth-order valence-electron chi connectivity index (χ4n) is 4.29. The Morgan fingerprint density at radius 3 is 2.49 bits per heavy atom. The van der Waals surface area contributed by atoms with Crippen LogP contribution in [0.15, 0.2) is 78.9 Å². The van der Waals surface area contributed by atoms with Gasteiger partial charge >= 0.3 is 6.09 Å². The van der Waals surface area contributed by atoms with Crippen molar-refractivity contribution >= 4 is 23.6 Å². The maximum absolute atomic E-state index is 13.3. The first-order valence-corrected chi connectivity index (χ1v) is 11.8. The third-order valence-corrected chi connectivity index (χ3v) is 6.23. The second-order valence-corrected chi connectivity index (χ2v) is 9.09. The number of ether oxygens (including phenoxy) is 1. The molecule has 0 aromatic heterocycles. The van der Waals surface area contributed by atoms with Crippen LogP contribution in [0.4, 0.5) is 10.5 Å². The number of amides is 3. The molecule has 1 aliphatic heterocycles. The molecule has 1 saturated carbocycles. The molecule has 1 heterocycles. The second-order valence-electron chi connectivity index (χ2n) is 9.09. The lowest BCUT2D eigenvalue weighted by molar-refractivity contribution is -0.126. The Hall–Kier alpha value is -4.13. The summed E-state index contributed by atoms with van der Waals surface area (Å²) >= 11 is 0. The number of cyclic esters (lactones) is 1. The fourth-order valence-corrected chi connectivity index (χ4v) is 4.29. The first-order chi connectivity index (χ1) is 17.0. The molecule has 7 nitrogen and oxygen atoms in total. The number of anilines is 1. The number of hydrogen-bond donors (Lipinski definition) is 2. The van der Waals surface area contributed by atoms with Crippen LogP contribution in [0.5, 0.6) is 0 Å². The van der Waals surface area contributed by atoms with Crippen molar-refractivity contribution in [3.05, 3.63) is 101 Å². The highest BCUT2D eigenvalue weighted by Gasteiger charge is 2.48. The van der Waals surface area contributed by atoms with E-state index in [0.717, 1.165) is 24.0 Å². The summed E-state index contributed by atoms with van der Waals surface area (Å²) in [5.41, 5.74) is 3.67. The smallest absolute Gasteiger partial charge is 0.411 e. The van der Waals surface area contributed by atoms with Crippen LogP contribution in [0.2, 0.25) is 0 Å². The van der Waals surface area contributed by atoms with Crippen molar-refractivity contribution < 1.29 is 19.1 Å². The van der Waals surface area contributed by atoms with Crippen LogP contribution in [0, 0.1) is 6.92 Å². The van der Waals surface area contributed by atoms with Crippen molar-refractivity contribution in [2.75, 3.05) is 5.32 Å². The molecular formula is C28H27N3O4. The van der Waals surface area contributed by atoms with Crippen LogP contribution < -0.4 is 10.6 Å². The molecule has 5 rings (SSSR count). The molecule has 1 aliphatic carbocycles. The normalized spacial score (nSPS) is 19.2. The molecule has 1 saturated heterocycles. The summed E-state index contributed by atoms with van der Waals surface area (Å²) in [6.45, 7) is 2.20. The number of rotatable bonds is 7. The Balaban J connectivity index is 1.40. The lowest BCUT2D eigenvalue weighted by Gasteiger charge is -2.24. The van der Waals surface area contributed by atoms with Crippen LogP contribution in [0.1, 0.15) is 46.0 Å². The topological polar surface area (TPSA) is 87.7 Å². The van der Waals surface area contributed by atoms with Crippen molar-refractivity contribution in [1.29, 1.82) is 0 Å². The van der Waals surface area contributed by atoms with Crippen molar-refractivity contribution in [2.24, 2.45) is 0 Å². The van der Waals surface area contributed by atoms with Crippen molar-refractivity contribution in [2.45, 2.75) is 44.5 Å². The number of carbonyl (C=O) groups excluding carboxylic acids is 3. The summed E-state index contributed by atoms with van der Waals surface area (Å²) in [5, 5.41) is 5.93. The van der Waals surface area contributed by atoms with Gasteiger partial charge in [0.1, 0.15) is 0 Å². The summed E-state index contributed by atoms with van der Waals surface area (Å²) in [6.07, 6.45) is 0.554. The zero-order chi connectivity index (χ0) is 24.4. The van der Waals surface area contributed by atoms with Crippen molar-refractivity contribution in [3.63, 3.8) is 0 Å². The van der Waals surface area contributed by atoms with Gasteiger partial charge in [-0.25, -0.2) is 4.79 Å². The van der Waals surface area contributed by atoms with Gasteiger partial charge < -0.3 is 15.4 Å². The van der Waals surface area contributed by atoms with Gasteiger partial charge in [-0.3, -0.25) is 14.5 Å². The largest absolute Gasteiger partial charge is 0.438 e. The number of carbonyl (C=O) groups is 3. The first-order valence-electron chi connectivity index (χ1n) is 11.8. The summed E-state index contributed by atoms with van der Waals surface area (Å²) < 4.78 is 5.74. The molecule has 0 bridgehead atoms. The lowest BCUT2D eigenvalue weighted by Crippen LogP contribution is -2.46. The van der Waals surface area contributed by atoms with E-state index in [2.05, 4.69) is 10.6 Å². The van der Waals surface area contributed by atoms with Crippen LogP contribution in [0.3, 0.4) is 0 Å². The molecule has 2 aliphatic rings. The molecule has 35 heavy (non-hydrogen) atoms. The molecule has 0 radical (unpaired) electrons. The van der Waals surface area contributed by atoms with Gasteiger partial charge in [0.05, 0.1) is 6.54 Å². The fraction of sp³-hybridized carbons (Fsp3) is 0.250. The number of benzene rings is 3. The van der Waals surface area contributed by atoms with E-state index < -0.39 is 18.2 Å². The molecule has 3 aromatic rings. The van der Waals surface area contributed by atoms with E-state index in [-0.39, 0.29) is 24.4 Å². The van der Waals surface area contributed by atoms with Gasteiger partial charge in [-0.15, -0.1) is 0 Å². The highest BCUT2D eigenvalue weighted by atomic mass is 16.6. The number of nitrogens with one attached hydrogen (secondary N) is 2. The Morgan fingerprint density at radius 2 is 1.74 bits per heavy atom. The average molecular weight is 470 g/mol. The van der Waals surface area contributed by atoms with Gasteiger partial charge in [-0.2, -0.15) is 0 Å². The van der Waals surface area contributed by atoms with Crippen molar-refractivity contribution in [1.82, 2.24) is 10.2 Å². The predicted octanol–water partition coefficient (Wildman–Crippen LogP) is 4.59. The molecule has 3 amide bonds. The minimum atomic E-state index is -0.814. The maximum Gasteiger partial charge on any atom is 0.411 e. The van der Waals surface area contributed by atoms with E-state index in [9.17, 15) is 14.4 Å². The van der Waals surface area contributed by atoms with E-state index in [1.165, 1.54) is 4.90 Å². The summed E-state index contributed by atoms with van der Waals surface area (Å²) in [6, 6.07) is 23.3. The second kappa shape index (κ2) is 9.62. The SMILES string of the molecule is Cc1cccc(C(=O)Nc2cccc(C3OC(=O)N(Cc4ccccc4)C3C(=O)NC3CC3)c2)c1. The molecule has 3 aromatic carbocycles. The third-order valence-electron chi connectivity index (χ3n) is 6.23. The monoisotopic (exact) mass is 469 g/mol. The minimum Gasteiger partial charge on any atom is -0.438 e. The standard InChI is InChI=1S/C28H27N3O4/c1-18-7-5-11-21(15-18)26(32)30-23-12-6-10-20(16-23)25-24(27(33)29-22-13-14-22)31(28(34)35-25)17-19-8-3-2-4-9-19/h2-12,15-16,22,24-25H,13-14,17H2,1H3,(H,29,33)(H,30,32). The van der Waals surface area contributed by atoms with E-state index in [0.29, 0.717) is 16.8 Å². The lowest BCUT2D eigenvalue weighted by atomic mass is 10.00. The van der Waals surface area contributed by atoms with Crippen LogP contribution in [-0.2, 0) is 16.1 Å². The molecule has 2 N–H and O–H groups in total. The molecular weight excluding hydrogens is 442 g/mol. The van der Waals surface area contributed by atoms with Gasteiger partial charge in [0, 0.05) is 17.3 Å². The Kier molecular flexibility index (Phi) is 6.23. The van der Waals surface area contributed by atoms with Gasteiger partial charge in [-0.1, -0.05) is 60.2 Å². The quantitative estimate of drug-likeness (QED) is 0.530. The highest BCUT2D eigenvalue weighted by Crippen LogP contribution is 2.35. The summed E-state index contributed by atoms with van der Waals surface area (Å²) in [5.74, 6) is -0.462. The van der Waals surface area contributed by atoms with Gasteiger partial charge in [0.2, 0.25) is 5.91 Å². The molecule has 7 heteroatoms. The third kappa shape index (κ3) is 5.19. The van der Waals surface area contributed by atoms with Crippen LogP contribution >= 0.6 is 0 Å². The molecule has 2 fully saturated rings. The Labute approximate surface area is 204 Å². The van der Waals surface area contributed by atoms with Gasteiger partial charge in [0.15, 0.2) is 12.1 Å². The highest BCUT2D eigenvalue weighted by molar-refractivity contribution is 6.04. The van der Waals surface area contributed by atoms with E-state index >= 15 is 0 Å². The van der Waals surface area contributed by atoms with E-state index in [4.69, 9.17) is 4.74 Å². The van der Waals surface area contributed by atoms with Gasteiger partial charge in [0.25, 0.3) is 5.91 Å². The van der Waals surface area contributed by atoms with E-state index in [1.807, 2.05) is 61.5 Å². The van der Waals surface area contributed by atoms with Gasteiger partial charge in [-0.05, 0) is 55.2 Å². The predicted molar refractivity (Wildman–Crippen MR) is 132 cm³/mol. The molecule has 178 valence electrons. The zero-order valence-electron chi connectivity index (χ0n) is 19.4. The summed E-state index contributed by atoms with van der Waals surface area (Å²) in [7, 11) is 0. The minimum absolute atomic E-state index is 0.150. The Bertz CT molecular complexity index is 1260. The van der Waals surface area contributed by atoms with Crippen molar-refractivity contribution in [3.8, 4) is 0 Å². The zero-order valence-corrected chi connectivity index (χ0v) is 19.4. The number of nitrogens with zero attached hydrogens (tertiary/aromatic N) is 1. The number of hydrogen-bond acceptors (Lipinski definition) is 4. The average Bonchev–Trinajstić information content (AvgIpc) is 3.61. The van der Waals surface area contributed by atoms with Crippen LogP contribution in [0.25, 0.3) is 0 Å². The molecule has 2 atom stereocenters. The van der Waals surface area contributed by atoms with Crippen LogP contribution in [-0.4, -0.2) is 34.9 Å². The Morgan fingerprint density at radius 1 is 0.971 bits per heavy atom.